The van der Waals surface area contributed by atoms with E-state index in [0.717, 1.165) is 15.7 Å². The zero-order valence-corrected chi connectivity index (χ0v) is 9.47. The van der Waals surface area contributed by atoms with Gasteiger partial charge in [0, 0.05) is 10.0 Å². The van der Waals surface area contributed by atoms with Crippen LogP contribution in [0.4, 0.5) is 0 Å². The van der Waals surface area contributed by atoms with Crippen molar-refractivity contribution in [2.45, 2.75) is 0 Å². The molecule has 5 heteroatoms. The Morgan fingerprint density at radius 1 is 1.36 bits per heavy atom. The van der Waals surface area contributed by atoms with Crippen LogP contribution < -0.4 is 0 Å². The van der Waals surface area contributed by atoms with Crippen LogP contribution in [-0.4, -0.2) is 15.2 Å². The number of aromatic amines is 1. The Kier molecular flexibility index (Phi) is 2.69. The van der Waals surface area contributed by atoms with Crippen molar-refractivity contribution in [1.29, 1.82) is 0 Å². The molecule has 2 aromatic rings. The molecule has 0 unspecified atom stereocenters. The lowest BCUT2D eigenvalue weighted by atomic mass is 10.2. The van der Waals surface area contributed by atoms with E-state index < -0.39 is 0 Å². The molecule has 0 spiro atoms. The first-order valence-electron chi connectivity index (χ1n) is 3.93. The number of halogens is 1. The Morgan fingerprint density at radius 3 is 2.86 bits per heavy atom. The number of hydrogen-bond donors (Lipinski definition) is 1. The molecule has 0 atom stereocenters. The van der Waals surface area contributed by atoms with E-state index >= 15 is 0 Å². The van der Waals surface area contributed by atoms with Crippen LogP contribution in [0.3, 0.4) is 0 Å². The minimum Gasteiger partial charge on any atom is -0.251 e. The van der Waals surface area contributed by atoms with Gasteiger partial charge in [0.2, 0.25) is 4.77 Å². The summed E-state index contributed by atoms with van der Waals surface area (Å²) in [5, 5.41) is 6.73. The van der Waals surface area contributed by atoms with Crippen LogP contribution in [0.2, 0.25) is 0 Å². The van der Waals surface area contributed by atoms with Crippen LogP contribution in [0.1, 0.15) is 0 Å². The van der Waals surface area contributed by atoms with Crippen LogP contribution in [0, 0.1) is 4.77 Å². The zero-order valence-electron chi connectivity index (χ0n) is 7.07. The number of benzene rings is 1. The molecular formula is C9H6BrN3S. The Balaban J connectivity index is 2.49. The summed E-state index contributed by atoms with van der Waals surface area (Å²) < 4.78 is 1.41. The second-order valence-electron chi connectivity index (χ2n) is 2.68. The van der Waals surface area contributed by atoms with Gasteiger partial charge in [-0.05, 0) is 24.4 Å². The molecule has 0 amide bonds. The molecule has 0 saturated carbocycles. The van der Waals surface area contributed by atoms with Gasteiger partial charge in [0.1, 0.15) is 5.69 Å². The lowest BCUT2D eigenvalue weighted by Gasteiger charge is -1.99. The molecule has 0 aliphatic carbocycles. The molecule has 2 rings (SSSR count). The third kappa shape index (κ3) is 2.05. The average molecular weight is 268 g/mol. The van der Waals surface area contributed by atoms with Crippen molar-refractivity contribution < 1.29 is 0 Å². The third-order valence-electron chi connectivity index (χ3n) is 1.70. The summed E-state index contributed by atoms with van der Waals surface area (Å²) in [5.74, 6) is 0. The van der Waals surface area contributed by atoms with Gasteiger partial charge in [0.15, 0.2) is 0 Å². The number of H-pyrrole nitrogens is 1. The van der Waals surface area contributed by atoms with Gasteiger partial charge in [0.05, 0.1) is 6.20 Å². The monoisotopic (exact) mass is 267 g/mol. The predicted octanol–water partition coefficient (Wildman–Crippen LogP) is 2.96. The minimum atomic E-state index is 0.392. The van der Waals surface area contributed by atoms with Crippen molar-refractivity contribution in [2.24, 2.45) is 0 Å². The smallest absolute Gasteiger partial charge is 0.213 e. The first-order chi connectivity index (χ1) is 6.75. The molecule has 70 valence electrons. The molecule has 14 heavy (non-hydrogen) atoms. The Morgan fingerprint density at radius 2 is 2.21 bits per heavy atom. The summed E-state index contributed by atoms with van der Waals surface area (Å²) in [4.78, 5) is 3.97. The summed E-state index contributed by atoms with van der Waals surface area (Å²) >= 11 is 8.20. The van der Waals surface area contributed by atoms with Crippen molar-refractivity contribution in [3.05, 3.63) is 39.7 Å². The Labute approximate surface area is 94.3 Å². The maximum Gasteiger partial charge on any atom is 0.213 e. The molecule has 1 aromatic heterocycles. The number of nitrogens with zero attached hydrogens (tertiary/aromatic N) is 2. The highest BCUT2D eigenvalue weighted by Gasteiger charge is 1.99. The van der Waals surface area contributed by atoms with Crippen LogP contribution in [0.25, 0.3) is 11.3 Å². The highest BCUT2D eigenvalue weighted by molar-refractivity contribution is 9.10. The van der Waals surface area contributed by atoms with Gasteiger partial charge in [-0.2, -0.15) is 5.10 Å². The molecule has 1 heterocycles. The minimum absolute atomic E-state index is 0.392. The fraction of sp³-hybridized carbons (Fsp3) is 0. The summed E-state index contributed by atoms with van der Waals surface area (Å²) in [6, 6.07) is 7.84. The molecule has 0 aliphatic rings. The number of rotatable bonds is 1. The van der Waals surface area contributed by atoms with Gasteiger partial charge in [-0.25, -0.2) is 4.98 Å². The van der Waals surface area contributed by atoms with Gasteiger partial charge in [0.25, 0.3) is 0 Å². The van der Waals surface area contributed by atoms with Crippen LogP contribution >= 0.6 is 28.1 Å². The van der Waals surface area contributed by atoms with E-state index in [2.05, 4.69) is 31.1 Å². The Hall–Kier alpha value is -1.07. The van der Waals surface area contributed by atoms with Crippen molar-refractivity contribution >= 4 is 28.1 Å². The SMILES string of the molecule is S=c1ncc(-c2cccc(Br)c2)n[nH]1. The van der Waals surface area contributed by atoms with Crippen molar-refractivity contribution in [3.8, 4) is 11.3 Å². The first kappa shape index (κ1) is 9.48. The van der Waals surface area contributed by atoms with E-state index in [1.165, 1.54) is 0 Å². The van der Waals surface area contributed by atoms with E-state index in [4.69, 9.17) is 12.2 Å². The largest absolute Gasteiger partial charge is 0.251 e. The molecule has 0 radical (unpaired) electrons. The highest BCUT2D eigenvalue weighted by atomic mass is 79.9. The first-order valence-corrected chi connectivity index (χ1v) is 5.13. The highest BCUT2D eigenvalue weighted by Crippen LogP contribution is 2.19. The fourth-order valence-electron chi connectivity index (χ4n) is 1.07. The topological polar surface area (TPSA) is 41.6 Å². The van der Waals surface area contributed by atoms with Crippen molar-refractivity contribution in [3.63, 3.8) is 0 Å². The summed E-state index contributed by atoms with van der Waals surface area (Å²) in [5.41, 5.74) is 1.78. The second kappa shape index (κ2) is 3.98. The van der Waals surface area contributed by atoms with E-state index in [0.29, 0.717) is 4.77 Å². The average Bonchev–Trinajstić information content (AvgIpc) is 2.19. The molecule has 3 nitrogen and oxygen atoms in total. The van der Waals surface area contributed by atoms with E-state index in [-0.39, 0.29) is 0 Å². The van der Waals surface area contributed by atoms with Crippen LogP contribution in [-0.2, 0) is 0 Å². The molecule has 0 bridgehead atoms. The number of aromatic nitrogens is 3. The molecule has 1 aromatic carbocycles. The van der Waals surface area contributed by atoms with E-state index in [9.17, 15) is 0 Å². The Bertz CT molecular complexity index is 489. The van der Waals surface area contributed by atoms with Crippen molar-refractivity contribution in [1.82, 2.24) is 15.2 Å². The molecule has 0 saturated heterocycles. The third-order valence-corrected chi connectivity index (χ3v) is 2.39. The fourth-order valence-corrected chi connectivity index (χ4v) is 1.57. The zero-order chi connectivity index (χ0) is 9.97. The van der Waals surface area contributed by atoms with Crippen LogP contribution in [0.15, 0.2) is 34.9 Å². The van der Waals surface area contributed by atoms with Gasteiger partial charge in [-0.15, -0.1) is 0 Å². The van der Waals surface area contributed by atoms with Crippen molar-refractivity contribution in [2.75, 3.05) is 0 Å². The normalized spacial score (nSPS) is 10.1. The molecule has 1 N–H and O–H groups in total. The van der Waals surface area contributed by atoms with Gasteiger partial charge >= 0.3 is 0 Å². The van der Waals surface area contributed by atoms with Gasteiger partial charge in [-0.1, -0.05) is 28.1 Å². The van der Waals surface area contributed by atoms with Gasteiger partial charge < -0.3 is 0 Å². The molecule has 0 aliphatic heterocycles. The molecule has 0 fully saturated rings. The summed E-state index contributed by atoms with van der Waals surface area (Å²) in [6.07, 6.45) is 1.65. The standard InChI is InChI=1S/C9H6BrN3S/c10-7-3-1-2-6(4-7)8-5-11-9(14)13-12-8/h1-5H,(H,11,13,14). The maximum atomic E-state index is 4.81. The van der Waals surface area contributed by atoms with E-state index in [1.54, 1.807) is 6.20 Å². The summed E-state index contributed by atoms with van der Waals surface area (Å²) in [6.45, 7) is 0. The van der Waals surface area contributed by atoms with Crippen LogP contribution in [0.5, 0.6) is 0 Å². The van der Waals surface area contributed by atoms with Gasteiger partial charge in [-0.3, -0.25) is 5.10 Å². The predicted molar refractivity (Wildman–Crippen MR) is 60.4 cm³/mol. The molecular weight excluding hydrogens is 262 g/mol. The number of nitrogens with one attached hydrogen (secondary N) is 1. The lowest BCUT2D eigenvalue weighted by Crippen LogP contribution is -1.89. The lowest BCUT2D eigenvalue weighted by molar-refractivity contribution is 0.956. The quantitative estimate of drug-likeness (QED) is 0.808. The van der Waals surface area contributed by atoms with E-state index in [1.807, 2.05) is 24.3 Å². The second-order valence-corrected chi connectivity index (χ2v) is 3.98. The number of hydrogen-bond acceptors (Lipinski definition) is 3. The maximum absolute atomic E-state index is 4.81. The summed E-state index contributed by atoms with van der Waals surface area (Å²) in [7, 11) is 0.